The molecule has 31 heavy (non-hydrogen) atoms. The van der Waals surface area contributed by atoms with Crippen LogP contribution < -0.4 is 10.6 Å². The minimum Gasteiger partial charge on any atom is -0.326 e. The minimum atomic E-state index is -0.264. The third kappa shape index (κ3) is 6.22. The van der Waals surface area contributed by atoms with Crippen molar-refractivity contribution in [2.24, 2.45) is 7.05 Å². The molecular weight excluding hydrogens is 457 g/mol. The third-order valence-corrected chi connectivity index (χ3v) is 6.21. The second-order valence-corrected chi connectivity index (χ2v) is 8.42. The van der Waals surface area contributed by atoms with E-state index in [2.05, 4.69) is 20.8 Å². The van der Waals surface area contributed by atoms with Crippen molar-refractivity contribution in [3.05, 3.63) is 63.9 Å². The quantitative estimate of drug-likeness (QED) is 0.462. The molecule has 1 aromatic heterocycles. The highest BCUT2D eigenvalue weighted by Crippen LogP contribution is 2.25. The van der Waals surface area contributed by atoms with Gasteiger partial charge in [0.2, 0.25) is 11.8 Å². The number of rotatable bonds is 8. The molecule has 7 nitrogen and oxygen atoms in total. The van der Waals surface area contributed by atoms with Gasteiger partial charge in [-0.25, -0.2) is 0 Å². The maximum Gasteiger partial charge on any atom is 0.234 e. The number of aryl methyl sites for hydroxylation is 1. The molecule has 0 saturated heterocycles. The van der Waals surface area contributed by atoms with E-state index in [9.17, 15) is 9.59 Å². The largest absolute Gasteiger partial charge is 0.326 e. The molecule has 3 aromatic rings. The van der Waals surface area contributed by atoms with Gasteiger partial charge in [-0.15, -0.1) is 10.2 Å². The minimum absolute atomic E-state index is 0.0282. The van der Waals surface area contributed by atoms with Crippen LogP contribution in [0.4, 0.5) is 11.4 Å². The summed E-state index contributed by atoms with van der Waals surface area (Å²) in [6.45, 7) is 2.04. The molecule has 0 bridgehead atoms. The Labute approximate surface area is 194 Å². The van der Waals surface area contributed by atoms with Gasteiger partial charge in [-0.2, -0.15) is 0 Å². The van der Waals surface area contributed by atoms with Crippen LogP contribution in [0.2, 0.25) is 10.0 Å². The van der Waals surface area contributed by atoms with Crippen LogP contribution in [-0.4, -0.2) is 32.3 Å². The van der Waals surface area contributed by atoms with E-state index in [0.29, 0.717) is 26.7 Å². The van der Waals surface area contributed by atoms with Gasteiger partial charge in [-0.05, 0) is 36.2 Å². The second-order valence-electron chi connectivity index (χ2n) is 6.66. The van der Waals surface area contributed by atoms with E-state index in [1.807, 2.05) is 31.2 Å². The molecule has 2 amide bonds. The number of aromatic nitrogens is 3. The summed E-state index contributed by atoms with van der Waals surface area (Å²) < 4.78 is 1.70. The molecule has 1 heterocycles. The normalized spacial score (nSPS) is 10.7. The lowest BCUT2D eigenvalue weighted by atomic mass is 10.1. The van der Waals surface area contributed by atoms with Crippen LogP contribution in [0.1, 0.15) is 18.3 Å². The van der Waals surface area contributed by atoms with E-state index in [0.717, 1.165) is 17.7 Å². The molecule has 2 aromatic carbocycles. The molecule has 0 spiro atoms. The third-order valence-electron chi connectivity index (χ3n) is 4.45. The van der Waals surface area contributed by atoms with Gasteiger partial charge in [0.1, 0.15) is 5.82 Å². The van der Waals surface area contributed by atoms with Crippen molar-refractivity contribution in [1.82, 2.24) is 14.8 Å². The Hall–Kier alpha value is -2.55. The highest BCUT2D eigenvalue weighted by molar-refractivity contribution is 7.99. The lowest BCUT2D eigenvalue weighted by molar-refractivity contribution is -0.116. The maximum atomic E-state index is 12.3. The molecule has 0 saturated carbocycles. The zero-order valence-electron chi connectivity index (χ0n) is 17.0. The van der Waals surface area contributed by atoms with E-state index < -0.39 is 0 Å². The first-order valence-corrected chi connectivity index (χ1v) is 11.2. The number of hydrogen-bond donors (Lipinski definition) is 2. The summed E-state index contributed by atoms with van der Waals surface area (Å²) in [7, 11) is 1.76. The predicted octanol–water partition coefficient (Wildman–Crippen LogP) is 4.60. The highest BCUT2D eigenvalue weighted by Gasteiger charge is 2.15. The van der Waals surface area contributed by atoms with Gasteiger partial charge in [-0.3, -0.25) is 9.59 Å². The van der Waals surface area contributed by atoms with Crippen LogP contribution in [-0.2, 0) is 29.5 Å². The number of hydrogen-bond acceptors (Lipinski definition) is 5. The molecule has 2 N–H and O–H groups in total. The second kappa shape index (κ2) is 10.7. The van der Waals surface area contributed by atoms with Gasteiger partial charge in [-0.1, -0.05) is 60.1 Å². The standard InChI is InChI=1S/C21H21Cl2N5O2S/c1-3-13-6-4-5-7-17(13)25-20(30)12-31-21-27-26-18(28(21)2)11-19(29)24-14-8-9-15(22)16(23)10-14/h4-10H,3,11-12H2,1-2H3,(H,24,29)(H,25,30). The van der Waals surface area contributed by atoms with Crippen molar-refractivity contribution >= 4 is 58.2 Å². The summed E-state index contributed by atoms with van der Waals surface area (Å²) in [5.74, 6) is 0.267. The van der Waals surface area contributed by atoms with E-state index in [1.54, 1.807) is 29.8 Å². The first kappa shape index (κ1) is 23.1. The van der Waals surface area contributed by atoms with Gasteiger partial charge in [0.05, 0.1) is 22.2 Å². The van der Waals surface area contributed by atoms with Crippen LogP contribution in [0.15, 0.2) is 47.6 Å². The number of amides is 2. The number of anilines is 2. The number of para-hydroxylation sites is 1. The van der Waals surface area contributed by atoms with Crippen LogP contribution >= 0.6 is 35.0 Å². The number of nitrogens with zero attached hydrogens (tertiary/aromatic N) is 3. The van der Waals surface area contributed by atoms with Crippen LogP contribution in [0.3, 0.4) is 0 Å². The Kier molecular flexibility index (Phi) is 7.95. The fraction of sp³-hybridized carbons (Fsp3) is 0.238. The first-order chi connectivity index (χ1) is 14.9. The summed E-state index contributed by atoms with van der Waals surface area (Å²) in [6.07, 6.45) is 0.862. The van der Waals surface area contributed by atoms with Crippen molar-refractivity contribution < 1.29 is 9.59 Å². The number of carbonyl (C=O) groups is 2. The van der Waals surface area contributed by atoms with Crippen molar-refractivity contribution in [3.63, 3.8) is 0 Å². The summed E-state index contributed by atoms with van der Waals surface area (Å²) in [5.41, 5.74) is 2.43. The zero-order chi connectivity index (χ0) is 22.4. The Morgan fingerprint density at radius 1 is 1.03 bits per heavy atom. The number of nitrogens with one attached hydrogen (secondary N) is 2. The maximum absolute atomic E-state index is 12.3. The van der Waals surface area contributed by atoms with Crippen molar-refractivity contribution in [3.8, 4) is 0 Å². The van der Waals surface area contributed by atoms with E-state index in [4.69, 9.17) is 23.2 Å². The highest BCUT2D eigenvalue weighted by atomic mass is 35.5. The Morgan fingerprint density at radius 3 is 2.55 bits per heavy atom. The van der Waals surface area contributed by atoms with E-state index in [1.165, 1.54) is 11.8 Å². The summed E-state index contributed by atoms with van der Waals surface area (Å²) in [4.78, 5) is 24.7. The number of halogens is 2. The molecule has 0 aliphatic rings. The molecule has 0 fully saturated rings. The lowest BCUT2D eigenvalue weighted by Crippen LogP contribution is -2.17. The predicted molar refractivity (Wildman–Crippen MR) is 125 cm³/mol. The Morgan fingerprint density at radius 2 is 1.81 bits per heavy atom. The zero-order valence-corrected chi connectivity index (χ0v) is 19.3. The molecule has 0 unspecified atom stereocenters. The molecular formula is C21H21Cl2N5O2S. The van der Waals surface area contributed by atoms with Crippen LogP contribution in [0, 0.1) is 0 Å². The van der Waals surface area contributed by atoms with Crippen molar-refractivity contribution in [2.45, 2.75) is 24.9 Å². The summed E-state index contributed by atoms with van der Waals surface area (Å²) in [5, 5.41) is 15.2. The molecule has 0 aliphatic carbocycles. The average Bonchev–Trinajstić information content (AvgIpc) is 3.09. The average molecular weight is 478 g/mol. The number of benzene rings is 2. The fourth-order valence-electron chi connectivity index (χ4n) is 2.81. The topological polar surface area (TPSA) is 88.9 Å². The fourth-order valence-corrected chi connectivity index (χ4v) is 3.84. The molecule has 3 rings (SSSR count). The van der Waals surface area contributed by atoms with Gasteiger partial charge >= 0.3 is 0 Å². The smallest absolute Gasteiger partial charge is 0.234 e. The Bertz CT molecular complexity index is 1100. The van der Waals surface area contributed by atoms with E-state index >= 15 is 0 Å². The van der Waals surface area contributed by atoms with Crippen LogP contribution in [0.5, 0.6) is 0 Å². The van der Waals surface area contributed by atoms with Crippen molar-refractivity contribution in [1.29, 1.82) is 0 Å². The van der Waals surface area contributed by atoms with Crippen LogP contribution in [0.25, 0.3) is 0 Å². The van der Waals surface area contributed by atoms with Gasteiger partial charge in [0.25, 0.3) is 0 Å². The first-order valence-electron chi connectivity index (χ1n) is 9.51. The van der Waals surface area contributed by atoms with E-state index in [-0.39, 0.29) is 24.0 Å². The molecule has 0 atom stereocenters. The summed E-state index contributed by atoms with van der Waals surface area (Å²) in [6, 6.07) is 12.6. The molecule has 162 valence electrons. The van der Waals surface area contributed by atoms with Gasteiger partial charge in [0, 0.05) is 18.4 Å². The van der Waals surface area contributed by atoms with Gasteiger partial charge < -0.3 is 15.2 Å². The molecule has 0 aliphatic heterocycles. The van der Waals surface area contributed by atoms with Gasteiger partial charge in [0.15, 0.2) is 5.16 Å². The Balaban J connectivity index is 1.55. The molecule has 10 heteroatoms. The lowest BCUT2D eigenvalue weighted by Gasteiger charge is -2.09. The monoisotopic (exact) mass is 477 g/mol. The number of carbonyl (C=O) groups excluding carboxylic acids is 2. The summed E-state index contributed by atoms with van der Waals surface area (Å²) >= 11 is 13.1. The SMILES string of the molecule is CCc1ccccc1NC(=O)CSc1nnc(CC(=O)Nc2ccc(Cl)c(Cl)c2)n1C. The number of thioether (sulfide) groups is 1. The molecule has 0 radical (unpaired) electrons. The van der Waals surface area contributed by atoms with Crippen molar-refractivity contribution in [2.75, 3.05) is 16.4 Å².